The van der Waals surface area contributed by atoms with Gasteiger partial charge in [0, 0.05) is 19.6 Å². The monoisotopic (exact) mass is 264 g/mol. The van der Waals surface area contributed by atoms with Crippen molar-refractivity contribution in [2.75, 3.05) is 26.2 Å². The number of rotatable bonds is 9. The van der Waals surface area contributed by atoms with Gasteiger partial charge in [0.2, 0.25) is 5.91 Å². The molecule has 4 nitrogen and oxygen atoms in total. The van der Waals surface area contributed by atoms with E-state index in [1.165, 1.54) is 0 Å². The Labute approximate surface area is 115 Å². The first-order valence-corrected chi connectivity index (χ1v) is 6.93. The predicted molar refractivity (Wildman–Crippen MR) is 77.1 cm³/mol. The summed E-state index contributed by atoms with van der Waals surface area (Å²) in [6, 6.07) is 9.54. The smallest absolute Gasteiger partial charge is 0.226 e. The van der Waals surface area contributed by atoms with Gasteiger partial charge in [0.15, 0.2) is 0 Å². The summed E-state index contributed by atoms with van der Waals surface area (Å²) in [6.07, 6.45) is 2.50. The third-order valence-electron chi connectivity index (χ3n) is 2.86. The number of nitrogens with two attached hydrogens (primary N) is 1. The second-order valence-electron chi connectivity index (χ2n) is 4.43. The molecule has 0 aliphatic rings. The van der Waals surface area contributed by atoms with Gasteiger partial charge in [0.05, 0.1) is 13.0 Å². The van der Waals surface area contributed by atoms with Crippen LogP contribution in [0.1, 0.15) is 26.2 Å². The fourth-order valence-corrected chi connectivity index (χ4v) is 1.80. The van der Waals surface area contributed by atoms with E-state index in [4.69, 9.17) is 10.5 Å². The Morgan fingerprint density at radius 3 is 2.63 bits per heavy atom. The zero-order chi connectivity index (χ0) is 13.9. The van der Waals surface area contributed by atoms with Crippen LogP contribution in [0, 0.1) is 0 Å². The van der Waals surface area contributed by atoms with Crippen molar-refractivity contribution in [3.63, 3.8) is 0 Å². The number of carbonyl (C=O) groups is 1. The molecular weight excluding hydrogens is 240 g/mol. The predicted octanol–water partition coefficient (Wildman–Crippen LogP) is 2.04. The van der Waals surface area contributed by atoms with Crippen molar-refractivity contribution in [3.05, 3.63) is 30.3 Å². The molecule has 19 heavy (non-hydrogen) atoms. The molecule has 1 rings (SSSR count). The Hall–Kier alpha value is -1.55. The van der Waals surface area contributed by atoms with Crippen LogP contribution < -0.4 is 10.5 Å². The average molecular weight is 264 g/mol. The Kier molecular flexibility index (Phi) is 7.66. The lowest BCUT2D eigenvalue weighted by molar-refractivity contribution is -0.131. The highest BCUT2D eigenvalue weighted by Gasteiger charge is 2.11. The van der Waals surface area contributed by atoms with Gasteiger partial charge >= 0.3 is 0 Å². The standard InChI is InChI=1S/C15H24N2O2/c1-2-3-11-17(12-10-16)15(18)9-13-19-14-7-5-4-6-8-14/h4-8H,2-3,9-13,16H2,1H3. The summed E-state index contributed by atoms with van der Waals surface area (Å²) < 4.78 is 5.53. The Morgan fingerprint density at radius 2 is 2.00 bits per heavy atom. The van der Waals surface area contributed by atoms with Gasteiger partial charge in [-0.1, -0.05) is 31.5 Å². The van der Waals surface area contributed by atoms with Crippen LogP contribution in [0.15, 0.2) is 30.3 Å². The van der Waals surface area contributed by atoms with Crippen molar-refractivity contribution in [2.45, 2.75) is 26.2 Å². The maximum Gasteiger partial charge on any atom is 0.226 e. The summed E-state index contributed by atoms with van der Waals surface area (Å²) in [5, 5.41) is 0. The second kappa shape index (κ2) is 9.39. The third kappa shape index (κ3) is 6.25. The van der Waals surface area contributed by atoms with E-state index in [0.29, 0.717) is 26.1 Å². The van der Waals surface area contributed by atoms with Crippen LogP contribution in [0.4, 0.5) is 0 Å². The van der Waals surface area contributed by atoms with Crippen molar-refractivity contribution >= 4 is 5.91 Å². The molecule has 0 spiro atoms. The van der Waals surface area contributed by atoms with Gasteiger partial charge in [-0.3, -0.25) is 4.79 Å². The maximum atomic E-state index is 12.0. The molecule has 0 bridgehead atoms. The van der Waals surface area contributed by atoms with E-state index in [2.05, 4.69) is 6.92 Å². The molecule has 0 saturated heterocycles. The first-order chi connectivity index (χ1) is 9.27. The lowest BCUT2D eigenvalue weighted by Crippen LogP contribution is -2.36. The molecule has 0 aliphatic heterocycles. The molecule has 106 valence electrons. The molecule has 1 aromatic carbocycles. The zero-order valence-corrected chi connectivity index (χ0v) is 11.7. The van der Waals surface area contributed by atoms with E-state index in [9.17, 15) is 4.79 Å². The molecule has 0 saturated carbocycles. The van der Waals surface area contributed by atoms with Gasteiger partial charge in [0.25, 0.3) is 0 Å². The van der Waals surface area contributed by atoms with Crippen molar-refractivity contribution in [3.8, 4) is 5.75 Å². The fourth-order valence-electron chi connectivity index (χ4n) is 1.80. The van der Waals surface area contributed by atoms with Gasteiger partial charge in [0.1, 0.15) is 5.75 Å². The largest absolute Gasteiger partial charge is 0.493 e. The summed E-state index contributed by atoms with van der Waals surface area (Å²) in [5.74, 6) is 0.920. The van der Waals surface area contributed by atoms with Crippen LogP contribution in [0.25, 0.3) is 0 Å². The van der Waals surface area contributed by atoms with E-state index in [0.717, 1.165) is 25.1 Å². The summed E-state index contributed by atoms with van der Waals surface area (Å²) in [5.41, 5.74) is 5.53. The molecule has 0 aromatic heterocycles. The number of nitrogens with zero attached hydrogens (tertiary/aromatic N) is 1. The average Bonchev–Trinajstić information content (AvgIpc) is 2.44. The van der Waals surface area contributed by atoms with E-state index < -0.39 is 0 Å². The lowest BCUT2D eigenvalue weighted by atomic mass is 10.3. The zero-order valence-electron chi connectivity index (χ0n) is 11.7. The summed E-state index contributed by atoms with van der Waals surface area (Å²) in [7, 11) is 0. The number of carbonyl (C=O) groups excluding carboxylic acids is 1. The first-order valence-electron chi connectivity index (χ1n) is 6.93. The number of amides is 1. The van der Waals surface area contributed by atoms with Crippen LogP contribution in [-0.2, 0) is 4.79 Å². The molecule has 0 heterocycles. The molecule has 0 fully saturated rings. The highest BCUT2D eigenvalue weighted by Crippen LogP contribution is 2.09. The number of hydrogen-bond donors (Lipinski definition) is 1. The van der Waals surface area contributed by atoms with Crippen molar-refractivity contribution in [2.24, 2.45) is 5.73 Å². The third-order valence-corrected chi connectivity index (χ3v) is 2.86. The van der Waals surface area contributed by atoms with Crippen LogP contribution in [0.5, 0.6) is 5.75 Å². The van der Waals surface area contributed by atoms with Crippen LogP contribution in [0.3, 0.4) is 0 Å². The van der Waals surface area contributed by atoms with Gasteiger partial charge in [-0.15, -0.1) is 0 Å². The highest BCUT2D eigenvalue weighted by atomic mass is 16.5. The minimum absolute atomic E-state index is 0.120. The topological polar surface area (TPSA) is 55.6 Å². The summed E-state index contributed by atoms with van der Waals surface area (Å²) in [4.78, 5) is 13.9. The number of para-hydroxylation sites is 1. The molecule has 0 aliphatic carbocycles. The number of ether oxygens (including phenoxy) is 1. The molecule has 0 atom stereocenters. The Bertz CT molecular complexity index is 354. The minimum atomic E-state index is 0.120. The van der Waals surface area contributed by atoms with Gasteiger partial charge in [-0.25, -0.2) is 0 Å². The second-order valence-corrected chi connectivity index (χ2v) is 4.43. The van der Waals surface area contributed by atoms with E-state index >= 15 is 0 Å². The van der Waals surface area contributed by atoms with Crippen LogP contribution in [0.2, 0.25) is 0 Å². The minimum Gasteiger partial charge on any atom is -0.493 e. The maximum absolute atomic E-state index is 12.0. The summed E-state index contributed by atoms with van der Waals surface area (Å²) >= 11 is 0. The number of hydrogen-bond acceptors (Lipinski definition) is 3. The highest BCUT2D eigenvalue weighted by molar-refractivity contribution is 5.76. The van der Waals surface area contributed by atoms with Crippen LogP contribution in [-0.4, -0.2) is 37.0 Å². The SMILES string of the molecule is CCCCN(CCN)C(=O)CCOc1ccccc1. The molecule has 4 heteroatoms. The molecule has 1 amide bonds. The fraction of sp³-hybridized carbons (Fsp3) is 0.533. The summed E-state index contributed by atoms with van der Waals surface area (Å²) in [6.45, 7) is 4.46. The van der Waals surface area contributed by atoms with Crippen molar-refractivity contribution in [1.82, 2.24) is 4.90 Å². The van der Waals surface area contributed by atoms with Gasteiger partial charge in [-0.05, 0) is 18.6 Å². The Morgan fingerprint density at radius 1 is 1.26 bits per heavy atom. The van der Waals surface area contributed by atoms with Crippen molar-refractivity contribution < 1.29 is 9.53 Å². The van der Waals surface area contributed by atoms with Gasteiger partial charge in [-0.2, -0.15) is 0 Å². The first kappa shape index (κ1) is 15.5. The molecule has 0 radical (unpaired) electrons. The number of benzene rings is 1. The molecule has 1 aromatic rings. The quantitative estimate of drug-likeness (QED) is 0.742. The van der Waals surface area contributed by atoms with Crippen molar-refractivity contribution in [1.29, 1.82) is 0 Å². The Balaban J connectivity index is 2.31. The van der Waals surface area contributed by atoms with E-state index in [-0.39, 0.29) is 5.91 Å². The lowest BCUT2D eigenvalue weighted by Gasteiger charge is -2.21. The van der Waals surface area contributed by atoms with E-state index in [1.54, 1.807) is 0 Å². The van der Waals surface area contributed by atoms with Gasteiger partial charge < -0.3 is 15.4 Å². The normalized spacial score (nSPS) is 10.2. The molecule has 0 unspecified atom stereocenters. The van der Waals surface area contributed by atoms with Crippen LogP contribution >= 0.6 is 0 Å². The number of unbranched alkanes of at least 4 members (excludes halogenated alkanes) is 1. The molecule has 2 N–H and O–H groups in total. The molecular formula is C15H24N2O2. The van der Waals surface area contributed by atoms with E-state index in [1.807, 2.05) is 35.2 Å².